The highest BCUT2D eigenvalue weighted by Gasteiger charge is 2.27. The van der Waals surface area contributed by atoms with Crippen LogP contribution in [0, 0.1) is 0 Å². The van der Waals surface area contributed by atoms with Crippen molar-refractivity contribution in [2.75, 3.05) is 6.61 Å². The molecule has 1 aromatic carbocycles. The highest BCUT2D eigenvalue weighted by atomic mass is 16.3. The molecule has 1 aliphatic rings. The van der Waals surface area contributed by atoms with Crippen LogP contribution in [0.25, 0.3) is 11.4 Å². The first-order chi connectivity index (χ1) is 11.5. The lowest BCUT2D eigenvalue weighted by atomic mass is 9.94. The lowest BCUT2D eigenvalue weighted by Crippen LogP contribution is -2.46. The van der Waals surface area contributed by atoms with Gasteiger partial charge in [-0.15, -0.1) is 0 Å². The molecule has 1 amide bonds. The second-order valence-corrected chi connectivity index (χ2v) is 6.74. The van der Waals surface area contributed by atoms with Crippen molar-refractivity contribution in [2.45, 2.75) is 51.0 Å². The second kappa shape index (κ2) is 6.73. The number of amides is 1. The molecule has 0 spiro atoms. The molecule has 1 unspecified atom stereocenters. The van der Waals surface area contributed by atoms with Crippen LogP contribution in [0.2, 0.25) is 0 Å². The summed E-state index contributed by atoms with van der Waals surface area (Å²) in [6, 6.07) is 7.30. The Kier molecular flexibility index (Phi) is 4.66. The number of carbonyl (C=O) groups is 1. The number of carbonyl (C=O) groups excluding carboxylic acids is 1. The van der Waals surface area contributed by atoms with Crippen LogP contribution in [0.1, 0.15) is 61.6 Å². The van der Waals surface area contributed by atoms with Crippen molar-refractivity contribution < 1.29 is 9.90 Å². The number of benzene rings is 1. The van der Waals surface area contributed by atoms with Crippen LogP contribution >= 0.6 is 0 Å². The SMILES string of the molecule is CCC(C)(CCO)NC(=O)c1ccc(-c2n[nH]c(C3CC3)n2)cc1. The molecule has 1 fully saturated rings. The first-order valence-electron chi connectivity index (χ1n) is 8.51. The van der Waals surface area contributed by atoms with Crippen molar-refractivity contribution in [3.63, 3.8) is 0 Å². The van der Waals surface area contributed by atoms with Crippen LogP contribution in [-0.4, -0.2) is 38.3 Å². The van der Waals surface area contributed by atoms with Gasteiger partial charge in [-0.2, -0.15) is 5.10 Å². The van der Waals surface area contributed by atoms with E-state index in [-0.39, 0.29) is 12.5 Å². The molecule has 1 aliphatic carbocycles. The van der Waals surface area contributed by atoms with Gasteiger partial charge in [0.2, 0.25) is 0 Å². The number of aromatic amines is 1. The monoisotopic (exact) mass is 328 g/mol. The van der Waals surface area contributed by atoms with Crippen molar-refractivity contribution in [3.05, 3.63) is 35.7 Å². The predicted molar refractivity (Wildman–Crippen MR) is 91.7 cm³/mol. The summed E-state index contributed by atoms with van der Waals surface area (Å²) < 4.78 is 0. The molecular formula is C18H24N4O2. The van der Waals surface area contributed by atoms with Crippen LogP contribution < -0.4 is 5.32 Å². The number of nitrogens with zero attached hydrogens (tertiary/aromatic N) is 2. The molecule has 3 N–H and O–H groups in total. The zero-order valence-corrected chi connectivity index (χ0v) is 14.2. The Morgan fingerprint density at radius 2 is 2.08 bits per heavy atom. The summed E-state index contributed by atoms with van der Waals surface area (Å²) in [5.41, 5.74) is 1.09. The fourth-order valence-corrected chi connectivity index (χ4v) is 2.63. The Balaban J connectivity index is 1.70. The van der Waals surface area contributed by atoms with Crippen molar-refractivity contribution >= 4 is 5.91 Å². The molecule has 2 aromatic rings. The molecule has 6 heteroatoms. The average molecular weight is 328 g/mol. The largest absolute Gasteiger partial charge is 0.396 e. The molecule has 3 rings (SSSR count). The molecule has 1 heterocycles. The summed E-state index contributed by atoms with van der Waals surface area (Å²) in [6.07, 6.45) is 3.66. The minimum absolute atomic E-state index is 0.0533. The van der Waals surface area contributed by atoms with Gasteiger partial charge in [-0.1, -0.05) is 19.1 Å². The normalized spacial score (nSPS) is 16.6. The molecule has 24 heavy (non-hydrogen) atoms. The Hall–Kier alpha value is -2.21. The summed E-state index contributed by atoms with van der Waals surface area (Å²) >= 11 is 0. The van der Waals surface area contributed by atoms with E-state index in [4.69, 9.17) is 5.11 Å². The quantitative estimate of drug-likeness (QED) is 0.728. The van der Waals surface area contributed by atoms with E-state index in [2.05, 4.69) is 20.5 Å². The lowest BCUT2D eigenvalue weighted by molar-refractivity contribution is 0.0886. The zero-order valence-electron chi connectivity index (χ0n) is 14.2. The van der Waals surface area contributed by atoms with Gasteiger partial charge in [0, 0.05) is 29.2 Å². The van der Waals surface area contributed by atoms with E-state index in [9.17, 15) is 4.79 Å². The van der Waals surface area contributed by atoms with Gasteiger partial charge in [0.1, 0.15) is 5.82 Å². The first kappa shape index (κ1) is 16.6. The van der Waals surface area contributed by atoms with Crippen LogP contribution in [0.5, 0.6) is 0 Å². The molecule has 0 saturated heterocycles. The summed E-state index contributed by atoms with van der Waals surface area (Å²) in [4.78, 5) is 16.9. The van der Waals surface area contributed by atoms with E-state index in [0.717, 1.165) is 17.8 Å². The fraction of sp³-hybridized carbons (Fsp3) is 0.500. The topological polar surface area (TPSA) is 90.9 Å². The molecular weight excluding hydrogens is 304 g/mol. The minimum Gasteiger partial charge on any atom is -0.396 e. The Morgan fingerprint density at radius 3 is 2.67 bits per heavy atom. The number of hydrogen-bond acceptors (Lipinski definition) is 4. The number of aromatic nitrogens is 3. The van der Waals surface area contributed by atoms with Crippen molar-refractivity contribution in [1.29, 1.82) is 0 Å². The summed E-state index contributed by atoms with van der Waals surface area (Å²) in [5.74, 6) is 2.03. The number of aliphatic hydroxyl groups is 1. The standard InChI is InChI=1S/C18H24N4O2/c1-3-18(2,10-11-23)20-17(24)14-8-6-13(7-9-14)16-19-15(21-22-16)12-4-5-12/h6-9,12,23H,3-5,10-11H2,1-2H3,(H,20,24)(H,19,21,22). The van der Waals surface area contributed by atoms with E-state index in [1.54, 1.807) is 12.1 Å². The van der Waals surface area contributed by atoms with Crippen LogP contribution in [-0.2, 0) is 0 Å². The Morgan fingerprint density at radius 1 is 1.38 bits per heavy atom. The van der Waals surface area contributed by atoms with Crippen LogP contribution in [0.4, 0.5) is 0 Å². The minimum atomic E-state index is -0.395. The summed E-state index contributed by atoms with van der Waals surface area (Å²) in [5, 5.41) is 19.4. The maximum absolute atomic E-state index is 12.4. The van der Waals surface area contributed by atoms with Crippen LogP contribution in [0.3, 0.4) is 0 Å². The third-order valence-electron chi connectivity index (χ3n) is 4.73. The predicted octanol–water partition coefficient (Wildman–Crippen LogP) is 2.63. The smallest absolute Gasteiger partial charge is 0.251 e. The molecule has 1 aromatic heterocycles. The number of aliphatic hydroxyl groups excluding tert-OH is 1. The van der Waals surface area contributed by atoms with E-state index >= 15 is 0 Å². The maximum atomic E-state index is 12.4. The molecule has 1 saturated carbocycles. The van der Waals surface area contributed by atoms with Gasteiger partial charge in [0.25, 0.3) is 5.91 Å². The number of H-pyrrole nitrogens is 1. The van der Waals surface area contributed by atoms with Gasteiger partial charge < -0.3 is 10.4 Å². The van der Waals surface area contributed by atoms with Gasteiger partial charge >= 0.3 is 0 Å². The number of rotatable bonds is 7. The first-order valence-corrected chi connectivity index (χ1v) is 8.51. The molecule has 1 atom stereocenters. The molecule has 0 radical (unpaired) electrons. The Labute approximate surface area is 141 Å². The van der Waals surface area contributed by atoms with Crippen LogP contribution in [0.15, 0.2) is 24.3 Å². The Bertz CT molecular complexity index is 706. The van der Waals surface area contributed by atoms with E-state index in [1.807, 2.05) is 26.0 Å². The van der Waals surface area contributed by atoms with E-state index in [1.165, 1.54) is 12.8 Å². The summed E-state index contributed by atoms with van der Waals surface area (Å²) in [6.45, 7) is 4.00. The van der Waals surface area contributed by atoms with Crippen molar-refractivity contribution in [3.8, 4) is 11.4 Å². The molecule has 128 valence electrons. The molecule has 0 aliphatic heterocycles. The molecule has 6 nitrogen and oxygen atoms in total. The van der Waals surface area contributed by atoms with Gasteiger partial charge in [-0.25, -0.2) is 4.98 Å². The lowest BCUT2D eigenvalue weighted by Gasteiger charge is -2.29. The zero-order chi connectivity index (χ0) is 17.2. The highest BCUT2D eigenvalue weighted by molar-refractivity contribution is 5.95. The fourth-order valence-electron chi connectivity index (χ4n) is 2.63. The second-order valence-electron chi connectivity index (χ2n) is 6.74. The van der Waals surface area contributed by atoms with Gasteiger partial charge in [-0.05, 0) is 44.7 Å². The van der Waals surface area contributed by atoms with Gasteiger partial charge in [0.15, 0.2) is 5.82 Å². The third kappa shape index (κ3) is 3.64. The van der Waals surface area contributed by atoms with Crippen molar-refractivity contribution in [2.24, 2.45) is 0 Å². The van der Waals surface area contributed by atoms with E-state index in [0.29, 0.717) is 23.7 Å². The number of nitrogens with one attached hydrogen (secondary N) is 2. The summed E-state index contributed by atoms with van der Waals surface area (Å²) in [7, 11) is 0. The number of hydrogen-bond donors (Lipinski definition) is 3. The highest BCUT2D eigenvalue weighted by Crippen LogP contribution is 2.38. The van der Waals surface area contributed by atoms with E-state index < -0.39 is 5.54 Å². The maximum Gasteiger partial charge on any atom is 0.251 e. The molecule has 0 bridgehead atoms. The third-order valence-corrected chi connectivity index (χ3v) is 4.73. The van der Waals surface area contributed by atoms with Gasteiger partial charge in [-0.3, -0.25) is 9.89 Å². The van der Waals surface area contributed by atoms with Crippen molar-refractivity contribution in [1.82, 2.24) is 20.5 Å². The average Bonchev–Trinajstić information content (AvgIpc) is 3.32. The van der Waals surface area contributed by atoms with Gasteiger partial charge in [0.05, 0.1) is 0 Å².